The number of Topliss-reactive ketones (excluding diaryl/α,β-unsaturated/α-hetero) is 1. The van der Waals surface area contributed by atoms with Crippen molar-refractivity contribution in [2.75, 3.05) is 19.8 Å². The van der Waals surface area contributed by atoms with Crippen molar-refractivity contribution in [1.29, 1.82) is 0 Å². The number of likely N-dealkylation sites (tertiary alicyclic amines) is 1. The van der Waals surface area contributed by atoms with Gasteiger partial charge in [-0.1, -0.05) is 23.7 Å². The number of aliphatic hydroxyl groups excluding tert-OH is 1. The lowest BCUT2D eigenvalue weighted by molar-refractivity contribution is -0.140. The molecule has 1 aliphatic heterocycles. The topological polar surface area (TPSA) is 76.1 Å². The van der Waals surface area contributed by atoms with E-state index in [-0.39, 0.29) is 29.5 Å². The van der Waals surface area contributed by atoms with Gasteiger partial charge in [-0.25, -0.2) is 4.39 Å². The zero-order chi connectivity index (χ0) is 24.1. The lowest BCUT2D eigenvalue weighted by Crippen LogP contribution is -2.31. The summed E-state index contributed by atoms with van der Waals surface area (Å²) >= 11 is 6.15. The molecule has 0 bridgehead atoms. The molecule has 1 atom stereocenters. The van der Waals surface area contributed by atoms with E-state index in [1.807, 2.05) is 13.8 Å². The minimum Gasteiger partial charge on any atom is -0.507 e. The van der Waals surface area contributed by atoms with Crippen LogP contribution in [0.15, 0.2) is 48.0 Å². The Morgan fingerprint density at radius 3 is 2.52 bits per heavy atom. The van der Waals surface area contributed by atoms with Crippen LogP contribution in [0.5, 0.6) is 5.75 Å². The van der Waals surface area contributed by atoms with Crippen molar-refractivity contribution in [2.24, 2.45) is 0 Å². The van der Waals surface area contributed by atoms with Gasteiger partial charge in [-0.15, -0.1) is 0 Å². The summed E-state index contributed by atoms with van der Waals surface area (Å²) in [6.45, 7) is 6.63. The van der Waals surface area contributed by atoms with E-state index in [4.69, 9.17) is 21.1 Å². The molecule has 8 heteroatoms. The Morgan fingerprint density at radius 2 is 1.88 bits per heavy atom. The molecule has 2 aromatic rings. The first-order valence-corrected chi connectivity index (χ1v) is 11.2. The molecule has 3 rings (SSSR count). The van der Waals surface area contributed by atoms with Crippen LogP contribution in [0.1, 0.15) is 44.4 Å². The summed E-state index contributed by atoms with van der Waals surface area (Å²) in [4.78, 5) is 27.3. The molecule has 1 heterocycles. The number of ketones is 1. The normalized spacial score (nSPS) is 17.8. The van der Waals surface area contributed by atoms with Crippen molar-refractivity contribution in [3.05, 3.63) is 70.0 Å². The molecule has 176 valence electrons. The van der Waals surface area contributed by atoms with Gasteiger partial charge in [0.15, 0.2) is 0 Å². The molecular weight excluding hydrogens is 449 g/mol. The number of hydrogen-bond acceptors (Lipinski definition) is 5. The Bertz CT molecular complexity index is 1050. The van der Waals surface area contributed by atoms with Crippen LogP contribution in [-0.4, -0.2) is 47.6 Å². The van der Waals surface area contributed by atoms with Crippen LogP contribution in [0.25, 0.3) is 5.76 Å². The van der Waals surface area contributed by atoms with Gasteiger partial charge in [-0.3, -0.25) is 9.59 Å². The number of hydrogen-bond donors (Lipinski definition) is 1. The number of amides is 1. The summed E-state index contributed by atoms with van der Waals surface area (Å²) in [5.74, 6) is -1.98. The van der Waals surface area contributed by atoms with Crippen LogP contribution in [0, 0.1) is 5.82 Å². The van der Waals surface area contributed by atoms with Crippen molar-refractivity contribution >= 4 is 29.1 Å². The molecule has 1 N–H and O–H groups in total. The molecule has 1 amide bonds. The standard InChI is InChI=1S/C25H27ClFNO5/c1-4-32-20-14-17(8-11-19(20)26)23(29)21-22(16-6-9-18(27)10-7-16)28(25(31)24(21)30)12-5-13-33-15(2)3/h6-11,14-15,22,29H,4-5,12-13H2,1-3H3/b23-21-. The van der Waals surface area contributed by atoms with Gasteiger partial charge in [0.1, 0.15) is 17.3 Å². The number of carbonyl (C=O) groups is 2. The zero-order valence-corrected chi connectivity index (χ0v) is 19.6. The largest absolute Gasteiger partial charge is 0.507 e. The van der Waals surface area contributed by atoms with Crippen molar-refractivity contribution in [1.82, 2.24) is 4.90 Å². The van der Waals surface area contributed by atoms with Gasteiger partial charge in [0.2, 0.25) is 0 Å². The first kappa shape index (κ1) is 24.7. The van der Waals surface area contributed by atoms with E-state index in [0.717, 1.165) is 0 Å². The third kappa shape index (κ3) is 5.54. The maximum atomic E-state index is 13.6. The van der Waals surface area contributed by atoms with Crippen LogP contribution >= 0.6 is 11.6 Å². The van der Waals surface area contributed by atoms with Gasteiger partial charge in [0.25, 0.3) is 11.7 Å². The summed E-state index contributed by atoms with van der Waals surface area (Å²) in [6, 6.07) is 9.27. The van der Waals surface area contributed by atoms with Crippen LogP contribution in [0.4, 0.5) is 4.39 Å². The van der Waals surface area contributed by atoms with E-state index in [0.29, 0.717) is 36.0 Å². The number of rotatable bonds is 9. The maximum Gasteiger partial charge on any atom is 0.295 e. The predicted molar refractivity (Wildman–Crippen MR) is 124 cm³/mol. The molecule has 1 saturated heterocycles. The molecule has 1 fully saturated rings. The van der Waals surface area contributed by atoms with Crippen LogP contribution in [0.3, 0.4) is 0 Å². The van der Waals surface area contributed by atoms with E-state index in [1.54, 1.807) is 19.1 Å². The number of aliphatic hydroxyl groups is 1. The fraction of sp³-hybridized carbons (Fsp3) is 0.360. The molecule has 2 aromatic carbocycles. The highest BCUT2D eigenvalue weighted by atomic mass is 35.5. The first-order valence-electron chi connectivity index (χ1n) is 10.8. The Kier molecular flexibility index (Phi) is 8.10. The highest BCUT2D eigenvalue weighted by Gasteiger charge is 2.45. The third-order valence-electron chi connectivity index (χ3n) is 5.22. The Labute approximate surface area is 197 Å². The summed E-state index contributed by atoms with van der Waals surface area (Å²) in [5, 5.41) is 11.5. The lowest BCUT2D eigenvalue weighted by atomic mass is 9.95. The number of nitrogens with zero attached hydrogens (tertiary/aromatic N) is 1. The highest BCUT2D eigenvalue weighted by Crippen LogP contribution is 2.40. The van der Waals surface area contributed by atoms with Gasteiger partial charge in [0, 0.05) is 18.7 Å². The minimum absolute atomic E-state index is 0.0396. The summed E-state index contributed by atoms with van der Waals surface area (Å²) in [5.41, 5.74) is 0.734. The van der Waals surface area contributed by atoms with Crippen molar-refractivity contribution in [3.63, 3.8) is 0 Å². The maximum absolute atomic E-state index is 13.6. The quantitative estimate of drug-likeness (QED) is 0.236. The van der Waals surface area contributed by atoms with E-state index in [2.05, 4.69) is 0 Å². The average molecular weight is 476 g/mol. The second kappa shape index (κ2) is 10.8. The predicted octanol–water partition coefficient (Wildman–Crippen LogP) is 5.11. The smallest absolute Gasteiger partial charge is 0.295 e. The number of carbonyl (C=O) groups excluding carboxylic acids is 2. The monoisotopic (exact) mass is 475 g/mol. The SMILES string of the molecule is CCOc1cc(/C(O)=C2/C(=O)C(=O)N(CCCOC(C)C)C2c2ccc(F)cc2)ccc1Cl. The molecule has 0 aromatic heterocycles. The second-order valence-electron chi connectivity index (χ2n) is 7.90. The average Bonchev–Trinajstić information content (AvgIpc) is 3.03. The molecule has 1 unspecified atom stereocenters. The minimum atomic E-state index is -0.865. The molecule has 6 nitrogen and oxygen atoms in total. The van der Waals surface area contributed by atoms with Crippen LogP contribution in [0.2, 0.25) is 5.02 Å². The van der Waals surface area contributed by atoms with Crippen molar-refractivity contribution in [2.45, 2.75) is 39.3 Å². The first-order chi connectivity index (χ1) is 15.7. The van der Waals surface area contributed by atoms with Crippen molar-refractivity contribution < 1.29 is 28.6 Å². The summed E-state index contributed by atoms with van der Waals surface area (Å²) in [6.07, 6.45) is 0.538. The van der Waals surface area contributed by atoms with Gasteiger partial charge >= 0.3 is 0 Å². The number of benzene rings is 2. The van der Waals surface area contributed by atoms with Gasteiger partial charge in [-0.2, -0.15) is 0 Å². The van der Waals surface area contributed by atoms with Gasteiger partial charge < -0.3 is 19.5 Å². The Balaban J connectivity index is 2.05. The Hall–Kier alpha value is -2.90. The van der Waals surface area contributed by atoms with E-state index in [1.165, 1.54) is 35.2 Å². The van der Waals surface area contributed by atoms with Gasteiger partial charge in [-0.05, 0) is 63.1 Å². The highest BCUT2D eigenvalue weighted by molar-refractivity contribution is 6.46. The van der Waals surface area contributed by atoms with E-state index in [9.17, 15) is 19.1 Å². The van der Waals surface area contributed by atoms with Crippen molar-refractivity contribution in [3.8, 4) is 5.75 Å². The lowest BCUT2D eigenvalue weighted by Gasteiger charge is -2.25. The molecule has 33 heavy (non-hydrogen) atoms. The van der Waals surface area contributed by atoms with Gasteiger partial charge in [0.05, 0.1) is 29.3 Å². The van der Waals surface area contributed by atoms with Crippen LogP contribution < -0.4 is 4.74 Å². The summed E-state index contributed by atoms with van der Waals surface area (Å²) < 4.78 is 24.6. The molecular formula is C25H27ClFNO5. The van der Waals surface area contributed by atoms with E-state index >= 15 is 0 Å². The summed E-state index contributed by atoms with van der Waals surface area (Å²) in [7, 11) is 0. The second-order valence-corrected chi connectivity index (χ2v) is 8.30. The van der Waals surface area contributed by atoms with Crippen LogP contribution in [-0.2, 0) is 14.3 Å². The molecule has 0 saturated carbocycles. The fourth-order valence-corrected chi connectivity index (χ4v) is 3.90. The molecule has 0 aliphatic carbocycles. The number of halogens is 2. The Morgan fingerprint density at radius 1 is 1.18 bits per heavy atom. The zero-order valence-electron chi connectivity index (χ0n) is 18.8. The third-order valence-corrected chi connectivity index (χ3v) is 5.54. The molecule has 1 aliphatic rings. The molecule has 0 radical (unpaired) electrons. The van der Waals surface area contributed by atoms with E-state index < -0.39 is 23.5 Å². The molecule has 0 spiro atoms. The fourth-order valence-electron chi connectivity index (χ4n) is 3.73. The number of ether oxygens (including phenoxy) is 2.